The number of carbonyl (C=O) groups excluding carboxylic acids is 1. The SMILES string of the molecule is CCOC(=O)/C=C(/C)COc1ccc(C[C@H]2CCCC[C@@H]2O[C@@H]2O[C@H](CO)[C@@H](O)[C@H](O)[C@H]2O)cc1. The fourth-order valence-electron chi connectivity index (χ4n) is 4.59. The third-order valence-corrected chi connectivity index (χ3v) is 6.54. The first-order chi connectivity index (χ1) is 16.8. The van der Waals surface area contributed by atoms with Crippen molar-refractivity contribution in [3.05, 3.63) is 41.5 Å². The van der Waals surface area contributed by atoms with Crippen molar-refractivity contribution in [2.45, 2.75) is 82.8 Å². The molecule has 3 rings (SSSR count). The molecule has 2 fully saturated rings. The number of ether oxygens (including phenoxy) is 4. The van der Waals surface area contributed by atoms with Gasteiger partial charge in [0, 0.05) is 6.08 Å². The summed E-state index contributed by atoms with van der Waals surface area (Å²) >= 11 is 0. The summed E-state index contributed by atoms with van der Waals surface area (Å²) in [6, 6.07) is 7.78. The van der Waals surface area contributed by atoms with E-state index in [2.05, 4.69) is 0 Å². The second-order valence-corrected chi connectivity index (χ2v) is 9.30. The van der Waals surface area contributed by atoms with Gasteiger partial charge in [0.2, 0.25) is 0 Å². The molecule has 1 heterocycles. The van der Waals surface area contributed by atoms with Crippen molar-refractivity contribution in [2.75, 3.05) is 19.8 Å². The standard InChI is InChI=1S/C26H38O9/c1-3-32-22(28)12-16(2)15-33-19-10-8-17(9-11-19)13-18-6-4-5-7-20(18)34-26-25(31)24(30)23(29)21(14-27)35-26/h8-12,18,20-21,23-27,29-31H,3-7,13-15H2,1-2H3/b16-12-/t18-,20+,21-,23-,24+,25-,26-/m1/s1. The van der Waals surface area contributed by atoms with Crippen LogP contribution in [0.4, 0.5) is 0 Å². The van der Waals surface area contributed by atoms with E-state index in [1.165, 1.54) is 6.08 Å². The molecular formula is C26H38O9. The number of esters is 1. The monoisotopic (exact) mass is 494 g/mol. The van der Waals surface area contributed by atoms with E-state index in [0.717, 1.165) is 43.2 Å². The Morgan fingerprint density at radius 2 is 1.80 bits per heavy atom. The molecule has 4 N–H and O–H groups in total. The molecule has 1 saturated carbocycles. The van der Waals surface area contributed by atoms with E-state index in [-0.39, 0.29) is 24.6 Å². The largest absolute Gasteiger partial charge is 0.489 e. The Morgan fingerprint density at radius 3 is 2.49 bits per heavy atom. The zero-order valence-corrected chi connectivity index (χ0v) is 20.4. The Labute approximate surface area is 206 Å². The van der Waals surface area contributed by atoms with Crippen LogP contribution < -0.4 is 4.74 Å². The van der Waals surface area contributed by atoms with Gasteiger partial charge in [-0.05, 0) is 62.3 Å². The first-order valence-corrected chi connectivity index (χ1v) is 12.3. The van der Waals surface area contributed by atoms with E-state index in [1.807, 2.05) is 31.2 Å². The molecule has 0 aromatic heterocycles. The number of aliphatic hydroxyl groups excluding tert-OH is 4. The molecule has 0 radical (unpaired) electrons. The van der Waals surface area contributed by atoms with Crippen LogP contribution in [0, 0.1) is 5.92 Å². The summed E-state index contributed by atoms with van der Waals surface area (Å²) in [6.45, 7) is 3.71. The lowest BCUT2D eigenvalue weighted by atomic mass is 9.82. The molecule has 2 aliphatic rings. The topological polar surface area (TPSA) is 135 Å². The van der Waals surface area contributed by atoms with Gasteiger partial charge in [0.1, 0.15) is 36.8 Å². The van der Waals surface area contributed by atoms with Crippen LogP contribution >= 0.6 is 0 Å². The number of carbonyl (C=O) groups is 1. The van der Waals surface area contributed by atoms with Crippen molar-refractivity contribution < 1.29 is 44.2 Å². The summed E-state index contributed by atoms with van der Waals surface area (Å²) in [5, 5.41) is 39.8. The van der Waals surface area contributed by atoms with Crippen LogP contribution in [0.5, 0.6) is 5.75 Å². The van der Waals surface area contributed by atoms with Gasteiger partial charge in [-0.25, -0.2) is 4.79 Å². The molecule has 1 aliphatic heterocycles. The van der Waals surface area contributed by atoms with Gasteiger partial charge in [0.15, 0.2) is 6.29 Å². The molecule has 0 unspecified atom stereocenters. The molecule has 1 aromatic rings. The average Bonchev–Trinajstić information content (AvgIpc) is 2.85. The minimum atomic E-state index is -1.45. The lowest BCUT2D eigenvalue weighted by Gasteiger charge is -2.42. The molecule has 1 aliphatic carbocycles. The van der Waals surface area contributed by atoms with Gasteiger partial charge >= 0.3 is 5.97 Å². The zero-order chi connectivity index (χ0) is 25.4. The van der Waals surface area contributed by atoms with E-state index in [0.29, 0.717) is 12.4 Å². The Hall–Kier alpha value is -2.01. The average molecular weight is 495 g/mol. The van der Waals surface area contributed by atoms with Crippen LogP contribution in [0.25, 0.3) is 0 Å². The predicted molar refractivity (Wildman–Crippen MR) is 127 cm³/mol. The van der Waals surface area contributed by atoms with Crippen molar-refractivity contribution in [3.8, 4) is 5.75 Å². The molecule has 7 atom stereocenters. The van der Waals surface area contributed by atoms with E-state index in [4.69, 9.17) is 18.9 Å². The van der Waals surface area contributed by atoms with Crippen LogP contribution in [0.3, 0.4) is 0 Å². The van der Waals surface area contributed by atoms with Crippen molar-refractivity contribution in [3.63, 3.8) is 0 Å². The molecular weight excluding hydrogens is 456 g/mol. The lowest BCUT2D eigenvalue weighted by Crippen LogP contribution is -2.60. The van der Waals surface area contributed by atoms with Gasteiger partial charge in [0.05, 0.1) is 19.3 Å². The summed E-state index contributed by atoms with van der Waals surface area (Å²) in [4.78, 5) is 11.5. The summed E-state index contributed by atoms with van der Waals surface area (Å²) in [5.74, 6) is 0.512. The Kier molecular flexibility index (Phi) is 10.5. The fourth-order valence-corrected chi connectivity index (χ4v) is 4.59. The van der Waals surface area contributed by atoms with E-state index < -0.39 is 37.3 Å². The Morgan fingerprint density at radius 1 is 1.09 bits per heavy atom. The highest BCUT2D eigenvalue weighted by Crippen LogP contribution is 2.33. The number of hydrogen-bond acceptors (Lipinski definition) is 9. The van der Waals surface area contributed by atoms with Crippen LogP contribution in [0.1, 0.15) is 45.1 Å². The maximum absolute atomic E-state index is 11.5. The number of rotatable bonds is 10. The molecule has 1 saturated heterocycles. The third kappa shape index (κ3) is 7.73. The maximum Gasteiger partial charge on any atom is 0.330 e. The van der Waals surface area contributed by atoms with Gasteiger partial charge in [-0.3, -0.25) is 0 Å². The van der Waals surface area contributed by atoms with E-state index in [1.54, 1.807) is 6.92 Å². The zero-order valence-electron chi connectivity index (χ0n) is 20.4. The molecule has 196 valence electrons. The van der Waals surface area contributed by atoms with Crippen molar-refractivity contribution in [2.24, 2.45) is 5.92 Å². The minimum absolute atomic E-state index is 0.184. The summed E-state index contributed by atoms with van der Waals surface area (Å²) < 4.78 is 22.3. The number of hydrogen-bond donors (Lipinski definition) is 4. The molecule has 0 amide bonds. The second kappa shape index (κ2) is 13.3. The summed E-state index contributed by atoms with van der Waals surface area (Å²) in [6.07, 6.45) is -0.507. The third-order valence-electron chi connectivity index (χ3n) is 6.54. The quantitative estimate of drug-likeness (QED) is 0.282. The molecule has 35 heavy (non-hydrogen) atoms. The molecule has 0 bridgehead atoms. The second-order valence-electron chi connectivity index (χ2n) is 9.30. The molecule has 9 heteroatoms. The van der Waals surface area contributed by atoms with Gasteiger partial charge in [-0.2, -0.15) is 0 Å². The number of aliphatic hydroxyl groups is 4. The molecule has 0 spiro atoms. The van der Waals surface area contributed by atoms with E-state index >= 15 is 0 Å². The fraction of sp³-hybridized carbons (Fsp3) is 0.654. The van der Waals surface area contributed by atoms with Gasteiger partial charge < -0.3 is 39.4 Å². The van der Waals surface area contributed by atoms with Gasteiger partial charge in [-0.1, -0.05) is 25.0 Å². The number of benzene rings is 1. The van der Waals surface area contributed by atoms with Crippen molar-refractivity contribution in [1.29, 1.82) is 0 Å². The van der Waals surface area contributed by atoms with Crippen LogP contribution in [0.15, 0.2) is 35.9 Å². The first-order valence-electron chi connectivity index (χ1n) is 12.3. The minimum Gasteiger partial charge on any atom is -0.489 e. The lowest BCUT2D eigenvalue weighted by molar-refractivity contribution is -0.316. The van der Waals surface area contributed by atoms with Crippen molar-refractivity contribution >= 4 is 5.97 Å². The highest BCUT2D eigenvalue weighted by Gasteiger charge is 2.45. The highest BCUT2D eigenvalue weighted by atomic mass is 16.7. The first kappa shape index (κ1) is 27.6. The smallest absolute Gasteiger partial charge is 0.330 e. The Balaban J connectivity index is 1.56. The summed E-state index contributed by atoms with van der Waals surface area (Å²) in [7, 11) is 0. The predicted octanol–water partition coefficient (Wildman–Crippen LogP) is 1.49. The van der Waals surface area contributed by atoms with Crippen LogP contribution in [0.2, 0.25) is 0 Å². The molecule has 1 aromatic carbocycles. The highest BCUT2D eigenvalue weighted by molar-refractivity contribution is 5.82. The van der Waals surface area contributed by atoms with Crippen LogP contribution in [-0.2, 0) is 25.4 Å². The van der Waals surface area contributed by atoms with E-state index in [9.17, 15) is 25.2 Å². The normalized spacial score (nSPS) is 31.7. The van der Waals surface area contributed by atoms with Gasteiger partial charge in [-0.15, -0.1) is 0 Å². The molecule has 9 nitrogen and oxygen atoms in total. The maximum atomic E-state index is 11.5. The van der Waals surface area contributed by atoms with Gasteiger partial charge in [0.25, 0.3) is 0 Å². The van der Waals surface area contributed by atoms with Crippen LogP contribution in [-0.4, -0.2) is 83.0 Å². The van der Waals surface area contributed by atoms with Crippen molar-refractivity contribution in [1.82, 2.24) is 0 Å². The summed E-state index contributed by atoms with van der Waals surface area (Å²) in [5.41, 5.74) is 1.88. The Bertz CT molecular complexity index is 823.